The summed E-state index contributed by atoms with van der Waals surface area (Å²) in [6.45, 7) is 3.91. The lowest BCUT2D eigenvalue weighted by Crippen LogP contribution is -2.13. The number of para-hydroxylation sites is 1. The van der Waals surface area contributed by atoms with Crippen LogP contribution in [0.4, 0.5) is 5.69 Å². The average Bonchev–Trinajstić information content (AvgIpc) is 2.44. The van der Waals surface area contributed by atoms with Crippen molar-refractivity contribution in [2.75, 3.05) is 5.32 Å². The quantitative estimate of drug-likeness (QED) is 0.884. The number of rotatable bonds is 4. The van der Waals surface area contributed by atoms with Crippen molar-refractivity contribution in [3.8, 4) is 5.75 Å². The molecule has 0 heterocycles. The summed E-state index contributed by atoms with van der Waals surface area (Å²) in [5.74, 6) is -0.0663. The van der Waals surface area contributed by atoms with Crippen LogP contribution in [0.5, 0.6) is 5.75 Å². The van der Waals surface area contributed by atoms with Crippen LogP contribution in [0.15, 0.2) is 42.5 Å². The van der Waals surface area contributed by atoms with Gasteiger partial charge in [-0.2, -0.15) is 0 Å². The molecule has 20 heavy (non-hydrogen) atoms. The fourth-order valence-corrected chi connectivity index (χ4v) is 2.07. The van der Waals surface area contributed by atoms with E-state index in [1.807, 2.05) is 24.3 Å². The van der Waals surface area contributed by atoms with E-state index in [9.17, 15) is 9.90 Å². The summed E-state index contributed by atoms with van der Waals surface area (Å²) in [6.07, 6.45) is 1.95. The largest absolute Gasteiger partial charge is 0.508 e. The van der Waals surface area contributed by atoms with Crippen LogP contribution in [0, 0.1) is 6.92 Å². The van der Waals surface area contributed by atoms with Crippen LogP contribution in [-0.2, 0) is 6.42 Å². The van der Waals surface area contributed by atoms with Crippen molar-refractivity contribution in [3.05, 3.63) is 59.2 Å². The zero-order chi connectivity index (χ0) is 14.5. The molecule has 0 aliphatic carbocycles. The van der Waals surface area contributed by atoms with Gasteiger partial charge >= 0.3 is 0 Å². The summed E-state index contributed by atoms with van der Waals surface area (Å²) in [6, 6.07) is 12.7. The molecule has 0 aliphatic heterocycles. The number of aryl methyl sites for hydroxylation is 2. The summed E-state index contributed by atoms with van der Waals surface area (Å²) < 4.78 is 0. The average molecular weight is 269 g/mol. The van der Waals surface area contributed by atoms with Crippen molar-refractivity contribution in [1.29, 1.82) is 0 Å². The molecule has 0 atom stereocenters. The lowest BCUT2D eigenvalue weighted by atomic mass is 10.1. The number of hydrogen-bond donors (Lipinski definition) is 2. The molecule has 3 heteroatoms. The van der Waals surface area contributed by atoms with Crippen molar-refractivity contribution < 1.29 is 9.90 Å². The van der Waals surface area contributed by atoms with Crippen molar-refractivity contribution in [2.24, 2.45) is 0 Å². The van der Waals surface area contributed by atoms with Crippen LogP contribution >= 0.6 is 0 Å². The molecule has 0 fully saturated rings. The van der Waals surface area contributed by atoms with Crippen LogP contribution in [0.1, 0.15) is 34.8 Å². The molecular formula is C17H19NO2. The summed E-state index contributed by atoms with van der Waals surface area (Å²) in [7, 11) is 0. The Morgan fingerprint density at radius 1 is 1.20 bits per heavy atom. The van der Waals surface area contributed by atoms with Crippen LogP contribution < -0.4 is 5.32 Å². The van der Waals surface area contributed by atoms with E-state index < -0.39 is 0 Å². The highest BCUT2D eigenvalue weighted by Crippen LogP contribution is 2.21. The van der Waals surface area contributed by atoms with Crippen molar-refractivity contribution in [3.63, 3.8) is 0 Å². The number of aromatic hydroxyl groups is 1. The molecule has 2 aromatic carbocycles. The number of anilines is 1. The Labute approximate surface area is 119 Å². The van der Waals surface area contributed by atoms with Gasteiger partial charge in [0.05, 0.1) is 0 Å². The van der Waals surface area contributed by atoms with Gasteiger partial charge in [0.2, 0.25) is 0 Å². The number of hydrogen-bond acceptors (Lipinski definition) is 2. The van der Waals surface area contributed by atoms with Gasteiger partial charge < -0.3 is 10.4 Å². The normalized spacial score (nSPS) is 10.3. The smallest absolute Gasteiger partial charge is 0.255 e. The minimum Gasteiger partial charge on any atom is -0.508 e. The van der Waals surface area contributed by atoms with Crippen LogP contribution in [-0.4, -0.2) is 11.0 Å². The number of phenols is 1. The molecule has 0 saturated carbocycles. The summed E-state index contributed by atoms with van der Waals surface area (Å²) in [5.41, 5.74) is 3.17. The lowest BCUT2D eigenvalue weighted by molar-refractivity contribution is 0.102. The molecular weight excluding hydrogens is 250 g/mol. The first-order chi connectivity index (χ1) is 9.61. The van der Waals surface area contributed by atoms with Gasteiger partial charge in [-0.3, -0.25) is 4.79 Å². The predicted octanol–water partition coefficient (Wildman–Crippen LogP) is 3.91. The van der Waals surface area contributed by atoms with E-state index in [4.69, 9.17) is 0 Å². The van der Waals surface area contributed by atoms with Crippen LogP contribution in [0.3, 0.4) is 0 Å². The third-order valence-corrected chi connectivity index (χ3v) is 3.26. The topological polar surface area (TPSA) is 49.3 Å². The molecule has 104 valence electrons. The van der Waals surface area contributed by atoms with Gasteiger partial charge in [-0.1, -0.05) is 37.6 Å². The highest BCUT2D eigenvalue weighted by atomic mass is 16.3. The third-order valence-electron chi connectivity index (χ3n) is 3.26. The third kappa shape index (κ3) is 3.18. The molecule has 0 saturated heterocycles. The maximum Gasteiger partial charge on any atom is 0.255 e. The molecule has 3 nitrogen and oxygen atoms in total. The summed E-state index contributed by atoms with van der Waals surface area (Å²) in [4.78, 5) is 12.2. The highest BCUT2D eigenvalue weighted by molar-refractivity contribution is 6.04. The lowest BCUT2D eigenvalue weighted by Gasteiger charge is -2.11. The highest BCUT2D eigenvalue weighted by Gasteiger charge is 2.10. The predicted molar refractivity (Wildman–Crippen MR) is 81.2 cm³/mol. The molecule has 0 unspecified atom stereocenters. The Hall–Kier alpha value is -2.29. The molecule has 0 aliphatic rings. The SMILES string of the molecule is CCCc1ccccc1NC(=O)c1ccc(C)c(O)c1. The Morgan fingerprint density at radius 3 is 2.65 bits per heavy atom. The second-order valence-corrected chi connectivity index (χ2v) is 4.86. The molecule has 0 bridgehead atoms. The van der Waals surface area contributed by atoms with Gasteiger partial charge in [0.1, 0.15) is 5.75 Å². The van der Waals surface area contributed by atoms with Crippen LogP contribution in [0.2, 0.25) is 0 Å². The number of carbonyl (C=O) groups excluding carboxylic acids is 1. The fourth-order valence-electron chi connectivity index (χ4n) is 2.07. The second kappa shape index (κ2) is 6.24. The first-order valence-corrected chi connectivity index (χ1v) is 6.80. The molecule has 1 amide bonds. The fraction of sp³-hybridized carbons (Fsp3) is 0.235. The van der Waals surface area contributed by atoms with Crippen molar-refractivity contribution >= 4 is 11.6 Å². The molecule has 2 aromatic rings. The molecule has 0 radical (unpaired) electrons. The number of benzene rings is 2. The molecule has 0 spiro atoms. The first-order valence-electron chi connectivity index (χ1n) is 6.80. The number of nitrogens with one attached hydrogen (secondary N) is 1. The number of amides is 1. The minimum absolute atomic E-state index is 0.138. The molecule has 0 aromatic heterocycles. The Balaban J connectivity index is 2.21. The Bertz CT molecular complexity index is 620. The number of carbonyl (C=O) groups is 1. The monoisotopic (exact) mass is 269 g/mol. The van der Waals surface area contributed by atoms with E-state index in [2.05, 4.69) is 12.2 Å². The van der Waals surface area contributed by atoms with Crippen molar-refractivity contribution in [1.82, 2.24) is 0 Å². The minimum atomic E-state index is -0.205. The van der Waals surface area contributed by atoms with E-state index in [0.717, 1.165) is 29.7 Å². The first kappa shape index (κ1) is 14.1. The van der Waals surface area contributed by atoms with Gasteiger partial charge in [-0.25, -0.2) is 0 Å². The van der Waals surface area contributed by atoms with E-state index >= 15 is 0 Å². The van der Waals surface area contributed by atoms with Gasteiger partial charge in [0.15, 0.2) is 0 Å². The maximum atomic E-state index is 12.2. The van der Waals surface area contributed by atoms with Crippen LogP contribution in [0.25, 0.3) is 0 Å². The van der Waals surface area contributed by atoms with E-state index in [0.29, 0.717) is 5.56 Å². The van der Waals surface area contributed by atoms with Gasteiger partial charge in [0, 0.05) is 11.3 Å². The zero-order valence-electron chi connectivity index (χ0n) is 11.8. The number of phenolic OH excluding ortho intramolecular Hbond substituents is 1. The van der Waals surface area contributed by atoms with Gasteiger partial charge in [-0.15, -0.1) is 0 Å². The Kier molecular flexibility index (Phi) is 4.41. The standard InChI is InChI=1S/C17H19NO2/c1-3-6-13-7-4-5-8-15(13)18-17(20)14-10-9-12(2)16(19)11-14/h4-5,7-11,19H,3,6H2,1-2H3,(H,18,20). The van der Waals surface area contributed by atoms with Gasteiger partial charge in [0.25, 0.3) is 5.91 Å². The summed E-state index contributed by atoms with van der Waals surface area (Å²) >= 11 is 0. The Morgan fingerprint density at radius 2 is 1.95 bits per heavy atom. The van der Waals surface area contributed by atoms with Crippen molar-refractivity contribution in [2.45, 2.75) is 26.7 Å². The maximum absolute atomic E-state index is 12.2. The zero-order valence-corrected chi connectivity index (χ0v) is 11.8. The van der Waals surface area contributed by atoms with Gasteiger partial charge in [-0.05, 0) is 42.7 Å². The second-order valence-electron chi connectivity index (χ2n) is 4.86. The van der Waals surface area contributed by atoms with E-state index in [1.165, 1.54) is 6.07 Å². The van der Waals surface area contributed by atoms with E-state index in [1.54, 1.807) is 19.1 Å². The molecule has 2 rings (SSSR count). The summed E-state index contributed by atoms with van der Waals surface area (Å²) in [5, 5.41) is 12.6. The molecule has 2 N–H and O–H groups in total. The van der Waals surface area contributed by atoms with E-state index in [-0.39, 0.29) is 11.7 Å².